The molecule has 0 atom stereocenters. The Hall–Kier alpha value is -3.14. The van der Waals surface area contributed by atoms with E-state index in [-0.39, 0.29) is 11.7 Å². The van der Waals surface area contributed by atoms with Crippen molar-refractivity contribution in [1.82, 2.24) is 0 Å². The lowest BCUT2D eigenvalue weighted by atomic mass is 10.1. The van der Waals surface area contributed by atoms with Crippen molar-refractivity contribution in [2.75, 3.05) is 5.32 Å². The van der Waals surface area contributed by atoms with E-state index in [1.54, 1.807) is 24.3 Å². The van der Waals surface area contributed by atoms with Gasteiger partial charge < -0.3 is 10.1 Å². The molecule has 3 nitrogen and oxygen atoms in total. The maximum absolute atomic E-state index is 12.9. The Bertz CT molecular complexity index is 801. The molecule has 0 radical (unpaired) electrons. The molecule has 0 heterocycles. The molecule has 4 heteroatoms. The predicted octanol–water partition coefficient (Wildman–Crippen LogP) is 4.87. The molecule has 0 spiro atoms. The number of carbonyl (C=O) groups excluding carboxylic acids is 1. The molecule has 0 aliphatic heterocycles. The number of hydrogen-bond acceptors (Lipinski definition) is 2. The summed E-state index contributed by atoms with van der Waals surface area (Å²) >= 11 is 0. The first-order valence-corrected chi connectivity index (χ1v) is 7.11. The van der Waals surface area contributed by atoms with Crippen molar-refractivity contribution in [3.63, 3.8) is 0 Å². The van der Waals surface area contributed by atoms with Gasteiger partial charge in [-0.1, -0.05) is 30.3 Å². The minimum absolute atomic E-state index is 0.317. The summed E-state index contributed by atoms with van der Waals surface area (Å²) in [5.74, 6) is 0.437. The number of nitrogens with one attached hydrogen (secondary N) is 1. The lowest BCUT2D eigenvalue weighted by molar-refractivity contribution is 0.102. The number of hydrogen-bond donors (Lipinski definition) is 1. The summed E-state index contributed by atoms with van der Waals surface area (Å²) in [6.07, 6.45) is 0. The van der Waals surface area contributed by atoms with Crippen molar-refractivity contribution < 1.29 is 13.9 Å². The first kappa shape index (κ1) is 14.8. The number of carbonyl (C=O) groups is 1. The molecule has 0 aromatic heterocycles. The number of para-hydroxylation sites is 2. The van der Waals surface area contributed by atoms with Crippen LogP contribution in [0.1, 0.15) is 10.4 Å². The van der Waals surface area contributed by atoms with E-state index in [2.05, 4.69) is 5.32 Å². The van der Waals surface area contributed by atoms with Crippen LogP contribution < -0.4 is 10.1 Å². The highest BCUT2D eigenvalue weighted by molar-refractivity contribution is 6.06. The fourth-order valence-corrected chi connectivity index (χ4v) is 2.09. The summed E-state index contributed by atoms with van der Waals surface area (Å²) in [5.41, 5.74) is 0.923. The van der Waals surface area contributed by atoms with E-state index in [4.69, 9.17) is 4.74 Å². The Morgan fingerprint density at radius 3 is 2.22 bits per heavy atom. The average molecular weight is 307 g/mol. The number of rotatable bonds is 4. The number of anilines is 1. The Labute approximate surface area is 133 Å². The number of ether oxygens (including phenoxy) is 1. The summed E-state index contributed by atoms with van der Waals surface area (Å²) in [6.45, 7) is 0. The van der Waals surface area contributed by atoms with Gasteiger partial charge in [0.2, 0.25) is 0 Å². The molecule has 0 bridgehead atoms. The van der Waals surface area contributed by atoms with Crippen LogP contribution in [-0.2, 0) is 0 Å². The van der Waals surface area contributed by atoms with E-state index in [9.17, 15) is 9.18 Å². The monoisotopic (exact) mass is 307 g/mol. The highest BCUT2D eigenvalue weighted by Crippen LogP contribution is 2.25. The normalized spacial score (nSPS) is 10.1. The molecule has 3 aromatic rings. The third kappa shape index (κ3) is 3.74. The molecule has 1 N–H and O–H groups in total. The number of halogens is 1. The van der Waals surface area contributed by atoms with Crippen LogP contribution in [0.2, 0.25) is 0 Å². The fraction of sp³-hybridized carbons (Fsp3) is 0. The van der Waals surface area contributed by atoms with Gasteiger partial charge >= 0.3 is 0 Å². The van der Waals surface area contributed by atoms with Gasteiger partial charge in [-0.25, -0.2) is 4.39 Å². The molecule has 0 saturated heterocycles. The Balaban J connectivity index is 1.82. The van der Waals surface area contributed by atoms with Gasteiger partial charge in [0, 0.05) is 5.69 Å². The summed E-state index contributed by atoms with van der Waals surface area (Å²) < 4.78 is 18.7. The van der Waals surface area contributed by atoms with Gasteiger partial charge in [0.1, 0.15) is 17.3 Å². The zero-order valence-electron chi connectivity index (χ0n) is 12.2. The summed E-state index contributed by atoms with van der Waals surface area (Å²) in [5, 5.41) is 2.73. The molecule has 1 amide bonds. The van der Waals surface area contributed by atoms with Gasteiger partial charge in [-0.15, -0.1) is 0 Å². The summed E-state index contributed by atoms with van der Waals surface area (Å²) in [4.78, 5) is 12.4. The first-order valence-electron chi connectivity index (χ1n) is 7.11. The predicted molar refractivity (Wildman–Crippen MR) is 87.3 cm³/mol. The molecular formula is C19H14FNO2. The van der Waals surface area contributed by atoms with Gasteiger partial charge in [-0.05, 0) is 48.5 Å². The molecule has 0 aliphatic rings. The van der Waals surface area contributed by atoms with E-state index in [1.165, 1.54) is 24.3 Å². The van der Waals surface area contributed by atoms with Crippen molar-refractivity contribution in [2.45, 2.75) is 0 Å². The van der Waals surface area contributed by atoms with Gasteiger partial charge in [0.25, 0.3) is 5.91 Å². The van der Waals surface area contributed by atoms with Crippen LogP contribution in [0.3, 0.4) is 0 Å². The Morgan fingerprint density at radius 2 is 1.48 bits per heavy atom. The standard InChI is InChI=1S/C19H14FNO2/c20-14-10-12-15(13-11-14)21-19(22)17-8-4-5-9-18(17)23-16-6-2-1-3-7-16/h1-13H,(H,21,22). The van der Waals surface area contributed by atoms with Gasteiger partial charge in [0.15, 0.2) is 0 Å². The Kier molecular flexibility index (Phi) is 4.34. The highest BCUT2D eigenvalue weighted by Gasteiger charge is 2.13. The second kappa shape index (κ2) is 6.75. The van der Waals surface area contributed by atoms with Crippen LogP contribution >= 0.6 is 0 Å². The number of amides is 1. The van der Waals surface area contributed by atoms with Crippen LogP contribution in [0.4, 0.5) is 10.1 Å². The largest absolute Gasteiger partial charge is 0.457 e. The molecule has 23 heavy (non-hydrogen) atoms. The molecule has 0 fully saturated rings. The van der Waals surface area contributed by atoms with Crippen molar-refractivity contribution in [3.05, 3.63) is 90.2 Å². The highest BCUT2D eigenvalue weighted by atomic mass is 19.1. The summed E-state index contributed by atoms with van der Waals surface area (Å²) in [6, 6.07) is 21.8. The molecule has 0 saturated carbocycles. The molecule has 0 aliphatic carbocycles. The molecule has 0 unspecified atom stereocenters. The van der Waals surface area contributed by atoms with Crippen LogP contribution in [-0.4, -0.2) is 5.91 Å². The zero-order valence-corrected chi connectivity index (χ0v) is 12.2. The van der Waals surface area contributed by atoms with Crippen molar-refractivity contribution in [3.8, 4) is 11.5 Å². The lowest BCUT2D eigenvalue weighted by Gasteiger charge is -2.11. The minimum Gasteiger partial charge on any atom is -0.457 e. The minimum atomic E-state index is -0.351. The molecule has 114 valence electrons. The maximum atomic E-state index is 12.9. The third-order valence-corrected chi connectivity index (χ3v) is 3.20. The summed E-state index contributed by atoms with van der Waals surface area (Å²) in [7, 11) is 0. The molecule has 3 rings (SSSR count). The van der Waals surface area contributed by atoms with Crippen LogP contribution in [0.5, 0.6) is 11.5 Å². The topological polar surface area (TPSA) is 38.3 Å². The van der Waals surface area contributed by atoms with E-state index in [0.29, 0.717) is 22.7 Å². The van der Waals surface area contributed by atoms with Gasteiger partial charge in [0.05, 0.1) is 5.56 Å². The van der Waals surface area contributed by atoms with Crippen LogP contribution in [0.15, 0.2) is 78.9 Å². The fourth-order valence-electron chi connectivity index (χ4n) is 2.09. The van der Waals surface area contributed by atoms with Gasteiger partial charge in [-0.3, -0.25) is 4.79 Å². The van der Waals surface area contributed by atoms with E-state index < -0.39 is 0 Å². The molecule has 3 aromatic carbocycles. The van der Waals surface area contributed by atoms with Crippen molar-refractivity contribution in [1.29, 1.82) is 0 Å². The van der Waals surface area contributed by atoms with Crippen molar-refractivity contribution in [2.24, 2.45) is 0 Å². The maximum Gasteiger partial charge on any atom is 0.259 e. The van der Waals surface area contributed by atoms with E-state index in [0.717, 1.165) is 0 Å². The Morgan fingerprint density at radius 1 is 0.826 bits per heavy atom. The van der Waals surface area contributed by atoms with Crippen LogP contribution in [0, 0.1) is 5.82 Å². The average Bonchev–Trinajstić information content (AvgIpc) is 2.58. The number of benzene rings is 3. The quantitative estimate of drug-likeness (QED) is 0.746. The lowest BCUT2D eigenvalue weighted by Crippen LogP contribution is -2.12. The second-order valence-electron chi connectivity index (χ2n) is 4.87. The van der Waals surface area contributed by atoms with Crippen LogP contribution in [0.25, 0.3) is 0 Å². The molecular weight excluding hydrogens is 293 g/mol. The first-order chi connectivity index (χ1) is 11.2. The second-order valence-corrected chi connectivity index (χ2v) is 4.87. The third-order valence-electron chi connectivity index (χ3n) is 3.20. The van der Waals surface area contributed by atoms with E-state index in [1.807, 2.05) is 30.3 Å². The van der Waals surface area contributed by atoms with E-state index >= 15 is 0 Å². The van der Waals surface area contributed by atoms with Gasteiger partial charge in [-0.2, -0.15) is 0 Å². The van der Waals surface area contributed by atoms with Crippen molar-refractivity contribution >= 4 is 11.6 Å². The zero-order chi connectivity index (χ0) is 16.1. The SMILES string of the molecule is O=C(Nc1ccc(F)cc1)c1ccccc1Oc1ccccc1. The smallest absolute Gasteiger partial charge is 0.259 e.